The number of ether oxygens (including phenoxy) is 1. The molecule has 0 aliphatic heterocycles. The third-order valence-electron chi connectivity index (χ3n) is 3.25. The predicted molar refractivity (Wildman–Crippen MR) is 96.5 cm³/mol. The summed E-state index contributed by atoms with van der Waals surface area (Å²) in [5.74, 6) is 1.56. The lowest BCUT2D eigenvalue weighted by atomic mass is 10.2. The summed E-state index contributed by atoms with van der Waals surface area (Å²) in [5.41, 5.74) is 2.03. The summed E-state index contributed by atoms with van der Waals surface area (Å²) in [6.07, 6.45) is 4.20. The molecule has 3 aromatic rings. The van der Waals surface area contributed by atoms with Crippen LogP contribution in [0.3, 0.4) is 0 Å². The first-order valence-corrected chi connectivity index (χ1v) is 8.72. The molecule has 5 nitrogen and oxygen atoms in total. The summed E-state index contributed by atoms with van der Waals surface area (Å²) in [6.45, 7) is 2.56. The van der Waals surface area contributed by atoms with Crippen LogP contribution in [0.25, 0.3) is 11.8 Å². The fraction of sp³-hybridized carbons (Fsp3) is 0.167. The van der Waals surface area contributed by atoms with E-state index in [0.717, 1.165) is 22.3 Å². The van der Waals surface area contributed by atoms with Crippen molar-refractivity contribution in [1.29, 1.82) is 0 Å². The molecule has 0 saturated carbocycles. The molecule has 6 heteroatoms. The van der Waals surface area contributed by atoms with Crippen LogP contribution in [-0.4, -0.2) is 32.6 Å². The fourth-order valence-electron chi connectivity index (χ4n) is 2.20. The SMILES string of the molecule is CCOc1ccccc1-n1nnnc1SCC=Cc1ccccc1. The number of rotatable bonds is 7. The minimum absolute atomic E-state index is 0.599. The number of hydrogen-bond donors (Lipinski definition) is 0. The van der Waals surface area contributed by atoms with Crippen LogP contribution in [0.5, 0.6) is 5.75 Å². The second kappa shape index (κ2) is 8.31. The molecule has 0 aliphatic carbocycles. The van der Waals surface area contributed by atoms with Gasteiger partial charge in [0.25, 0.3) is 0 Å². The Morgan fingerprint density at radius 3 is 2.71 bits per heavy atom. The van der Waals surface area contributed by atoms with Crippen molar-refractivity contribution >= 4 is 17.8 Å². The Balaban J connectivity index is 1.71. The average Bonchev–Trinajstić information content (AvgIpc) is 3.09. The van der Waals surface area contributed by atoms with Crippen molar-refractivity contribution in [3.05, 3.63) is 66.2 Å². The number of aromatic nitrogens is 4. The summed E-state index contributed by atoms with van der Waals surface area (Å²) in [7, 11) is 0. The normalized spacial score (nSPS) is 11.0. The lowest BCUT2D eigenvalue weighted by molar-refractivity contribution is 0.337. The third-order valence-corrected chi connectivity index (χ3v) is 4.12. The molecule has 2 aromatic carbocycles. The van der Waals surface area contributed by atoms with Gasteiger partial charge >= 0.3 is 0 Å². The van der Waals surface area contributed by atoms with E-state index in [-0.39, 0.29) is 0 Å². The van der Waals surface area contributed by atoms with Crippen LogP contribution in [-0.2, 0) is 0 Å². The third kappa shape index (κ3) is 4.02. The highest BCUT2D eigenvalue weighted by Gasteiger charge is 2.12. The van der Waals surface area contributed by atoms with Crippen molar-refractivity contribution in [2.45, 2.75) is 12.1 Å². The van der Waals surface area contributed by atoms with Crippen molar-refractivity contribution in [2.24, 2.45) is 0 Å². The first kappa shape index (κ1) is 16.3. The van der Waals surface area contributed by atoms with Gasteiger partial charge < -0.3 is 4.74 Å². The fourth-order valence-corrected chi connectivity index (χ4v) is 2.89. The Kier molecular flexibility index (Phi) is 5.63. The molecule has 24 heavy (non-hydrogen) atoms. The van der Waals surface area contributed by atoms with Crippen LogP contribution in [0.2, 0.25) is 0 Å². The van der Waals surface area contributed by atoms with Crippen LogP contribution in [0.4, 0.5) is 0 Å². The van der Waals surface area contributed by atoms with Gasteiger partial charge in [-0.15, -0.1) is 5.10 Å². The van der Waals surface area contributed by atoms with Crippen molar-refractivity contribution in [3.63, 3.8) is 0 Å². The Labute approximate surface area is 145 Å². The van der Waals surface area contributed by atoms with E-state index in [1.54, 1.807) is 16.4 Å². The van der Waals surface area contributed by atoms with Gasteiger partial charge in [0.1, 0.15) is 11.4 Å². The molecule has 0 saturated heterocycles. The molecule has 122 valence electrons. The Hall–Kier alpha value is -2.60. The Morgan fingerprint density at radius 2 is 1.88 bits per heavy atom. The highest BCUT2D eigenvalue weighted by molar-refractivity contribution is 7.99. The number of benzene rings is 2. The van der Waals surface area contributed by atoms with E-state index in [4.69, 9.17) is 4.74 Å². The molecule has 1 aromatic heterocycles. The van der Waals surface area contributed by atoms with E-state index in [1.807, 2.05) is 49.4 Å². The van der Waals surface area contributed by atoms with Crippen LogP contribution in [0.1, 0.15) is 12.5 Å². The predicted octanol–water partition coefficient (Wildman–Crippen LogP) is 3.87. The first-order valence-electron chi connectivity index (χ1n) is 7.73. The van der Waals surface area contributed by atoms with Crippen molar-refractivity contribution in [3.8, 4) is 11.4 Å². The summed E-state index contributed by atoms with van der Waals surface area (Å²) in [6, 6.07) is 18.0. The van der Waals surface area contributed by atoms with E-state index in [0.29, 0.717) is 6.61 Å². The Bertz CT molecular complexity index is 802. The number of hydrogen-bond acceptors (Lipinski definition) is 5. The standard InChI is InChI=1S/C18H18N4OS/c1-2-23-17-13-7-6-12-16(17)22-18(19-20-21-22)24-14-8-11-15-9-4-3-5-10-15/h3-13H,2,14H2,1H3. The molecule has 0 aliphatic rings. The van der Waals surface area contributed by atoms with Crippen LogP contribution in [0, 0.1) is 0 Å². The molecule has 0 bridgehead atoms. The van der Waals surface area contributed by atoms with Crippen LogP contribution in [0.15, 0.2) is 65.8 Å². The van der Waals surface area contributed by atoms with Gasteiger partial charge in [0.2, 0.25) is 5.16 Å². The number of nitrogens with zero attached hydrogens (tertiary/aromatic N) is 4. The summed E-state index contributed by atoms with van der Waals surface area (Å²) in [5, 5.41) is 12.7. The number of tetrazole rings is 1. The molecule has 0 amide bonds. The van der Waals surface area contributed by atoms with Crippen molar-refractivity contribution in [1.82, 2.24) is 20.2 Å². The van der Waals surface area contributed by atoms with E-state index in [2.05, 4.69) is 39.8 Å². The Morgan fingerprint density at radius 1 is 1.08 bits per heavy atom. The van der Waals surface area contributed by atoms with Crippen LogP contribution < -0.4 is 4.74 Å². The smallest absolute Gasteiger partial charge is 0.214 e. The molecule has 0 atom stereocenters. The quantitative estimate of drug-likeness (QED) is 0.612. The maximum atomic E-state index is 5.66. The van der Waals surface area contributed by atoms with E-state index >= 15 is 0 Å². The van der Waals surface area contributed by atoms with Gasteiger partial charge in [-0.2, -0.15) is 4.68 Å². The van der Waals surface area contributed by atoms with Gasteiger partial charge in [-0.3, -0.25) is 0 Å². The van der Waals surface area contributed by atoms with Gasteiger partial charge in [0.05, 0.1) is 6.61 Å². The highest BCUT2D eigenvalue weighted by atomic mass is 32.2. The molecule has 0 fully saturated rings. The minimum atomic E-state index is 0.599. The topological polar surface area (TPSA) is 52.8 Å². The molecular formula is C18H18N4OS. The maximum absolute atomic E-state index is 5.66. The second-order valence-electron chi connectivity index (χ2n) is 4.90. The number of para-hydroxylation sites is 2. The summed E-state index contributed by atoms with van der Waals surface area (Å²) < 4.78 is 7.37. The van der Waals surface area contributed by atoms with Gasteiger partial charge in [-0.25, -0.2) is 0 Å². The molecule has 3 rings (SSSR count). The molecule has 0 radical (unpaired) electrons. The van der Waals surface area contributed by atoms with Crippen molar-refractivity contribution < 1.29 is 4.74 Å². The molecule has 0 spiro atoms. The lowest BCUT2D eigenvalue weighted by Crippen LogP contribution is -2.03. The first-order chi connectivity index (χ1) is 11.9. The number of thioether (sulfide) groups is 1. The molecule has 0 unspecified atom stereocenters. The van der Waals surface area contributed by atoms with Crippen LogP contribution >= 0.6 is 11.8 Å². The van der Waals surface area contributed by atoms with Gasteiger partial charge in [-0.05, 0) is 35.0 Å². The van der Waals surface area contributed by atoms with E-state index in [1.165, 1.54) is 5.56 Å². The zero-order valence-corrected chi connectivity index (χ0v) is 14.2. The van der Waals surface area contributed by atoms with Crippen molar-refractivity contribution in [2.75, 3.05) is 12.4 Å². The van der Waals surface area contributed by atoms with E-state index in [9.17, 15) is 0 Å². The second-order valence-corrected chi connectivity index (χ2v) is 5.89. The monoisotopic (exact) mass is 338 g/mol. The lowest BCUT2D eigenvalue weighted by Gasteiger charge is -2.10. The minimum Gasteiger partial charge on any atom is -0.492 e. The van der Waals surface area contributed by atoms with Gasteiger partial charge in [0.15, 0.2) is 0 Å². The molecular weight excluding hydrogens is 320 g/mol. The van der Waals surface area contributed by atoms with Gasteiger partial charge in [0, 0.05) is 5.75 Å². The summed E-state index contributed by atoms with van der Waals surface area (Å²) >= 11 is 1.58. The van der Waals surface area contributed by atoms with Gasteiger partial charge in [-0.1, -0.05) is 66.4 Å². The summed E-state index contributed by atoms with van der Waals surface area (Å²) in [4.78, 5) is 0. The highest BCUT2D eigenvalue weighted by Crippen LogP contribution is 2.25. The average molecular weight is 338 g/mol. The molecule has 1 heterocycles. The largest absolute Gasteiger partial charge is 0.492 e. The van der Waals surface area contributed by atoms with E-state index < -0.39 is 0 Å². The zero-order chi connectivity index (χ0) is 16.6. The zero-order valence-electron chi connectivity index (χ0n) is 13.4. The molecule has 0 N–H and O–H groups in total. The maximum Gasteiger partial charge on any atom is 0.214 e.